The maximum atomic E-state index is 11.8. The van der Waals surface area contributed by atoms with Crippen LogP contribution in [-0.2, 0) is 10.0 Å². The van der Waals surface area contributed by atoms with Crippen molar-refractivity contribution in [3.63, 3.8) is 0 Å². The second-order valence-corrected chi connectivity index (χ2v) is 6.74. The van der Waals surface area contributed by atoms with Gasteiger partial charge in [0.2, 0.25) is 10.0 Å². The van der Waals surface area contributed by atoms with Crippen LogP contribution >= 0.6 is 0 Å². The molecule has 0 atom stereocenters. The van der Waals surface area contributed by atoms with Gasteiger partial charge < -0.3 is 11.1 Å². The van der Waals surface area contributed by atoms with Crippen molar-refractivity contribution in [3.8, 4) is 0 Å². The zero-order valence-electron chi connectivity index (χ0n) is 11.9. The third kappa shape index (κ3) is 3.61. The van der Waals surface area contributed by atoms with E-state index < -0.39 is 10.0 Å². The van der Waals surface area contributed by atoms with E-state index in [1.807, 2.05) is 0 Å². The van der Waals surface area contributed by atoms with Gasteiger partial charge in [0, 0.05) is 5.54 Å². The first kappa shape index (κ1) is 15.8. The molecule has 5 nitrogen and oxygen atoms in total. The molecule has 0 saturated carbocycles. The van der Waals surface area contributed by atoms with Crippen molar-refractivity contribution in [1.29, 1.82) is 0 Å². The van der Waals surface area contributed by atoms with Crippen LogP contribution in [0.3, 0.4) is 0 Å². The maximum Gasteiger partial charge on any atom is 0.240 e. The lowest BCUT2D eigenvalue weighted by Crippen LogP contribution is -2.33. The molecule has 0 bridgehead atoms. The Morgan fingerprint density at radius 1 is 1.26 bits per heavy atom. The van der Waals surface area contributed by atoms with Gasteiger partial charge in [0.05, 0.1) is 16.3 Å². The highest BCUT2D eigenvalue weighted by Crippen LogP contribution is 2.28. The van der Waals surface area contributed by atoms with E-state index in [1.54, 1.807) is 12.1 Å². The van der Waals surface area contributed by atoms with E-state index in [4.69, 9.17) is 5.73 Å². The van der Waals surface area contributed by atoms with Crippen molar-refractivity contribution in [2.75, 3.05) is 18.1 Å². The van der Waals surface area contributed by atoms with E-state index in [9.17, 15) is 8.42 Å². The Labute approximate surface area is 115 Å². The normalized spacial score (nSPS) is 12.4. The molecule has 0 fully saturated rings. The highest BCUT2D eigenvalue weighted by Gasteiger charge is 2.21. The van der Waals surface area contributed by atoms with Gasteiger partial charge in [-0.3, -0.25) is 0 Å². The lowest BCUT2D eigenvalue weighted by molar-refractivity contribution is 0.478. The van der Waals surface area contributed by atoms with Crippen LogP contribution in [0.25, 0.3) is 0 Å². The van der Waals surface area contributed by atoms with Crippen molar-refractivity contribution < 1.29 is 8.42 Å². The third-order valence-electron chi connectivity index (χ3n) is 3.60. The minimum atomic E-state index is -3.45. The topological polar surface area (TPSA) is 84.2 Å². The van der Waals surface area contributed by atoms with Crippen molar-refractivity contribution in [2.45, 2.75) is 44.0 Å². The summed E-state index contributed by atoms with van der Waals surface area (Å²) in [6.07, 6.45) is 1.85. The zero-order valence-corrected chi connectivity index (χ0v) is 12.8. The van der Waals surface area contributed by atoms with Crippen LogP contribution in [-0.4, -0.2) is 21.0 Å². The first-order valence-corrected chi connectivity index (χ1v) is 7.87. The predicted molar refractivity (Wildman–Crippen MR) is 79.7 cm³/mol. The summed E-state index contributed by atoms with van der Waals surface area (Å²) in [5.74, 6) is 0. The number of nitrogens with two attached hydrogens (primary N) is 1. The number of benzene rings is 1. The molecule has 0 aromatic heterocycles. The van der Waals surface area contributed by atoms with Crippen molar-refractivity contribution in [3.05, 3.63) is 18.2 Å². The number of sulfonamides is 1. The lowest BCUT2D eigenvalue weighted by Gasteiger charge is -2.30. The van der Waals surface area contributed by atoms with Crippen molar-refractivity contribution >= 4 is 21.4 Å². The van der Waals surface area contributed by atoms with Gasteiger partial charge in [-0.15, -0.1) is 0 Å². The second kappa shape index (κ2) is 5.79. The largest absolute Gasteiger partial charge is 0.397 e. The summed E-state index contributed by atoms with van der Waals surface area (Å²) in [6, 6.07) is 4.69. The molecule has 108 valence electrons. The molecule has 0 saturated heterocycles. The molecule has 0 heterocycles. The molecular weight excluding hydrogens is 262 g/mol. The molecule has 0 radical (unpaired) electrons. The van der Waals surface area contributed by atoms with Crippen LogP contribution in [0.2, 0.25) is 0 Å². The van der Waals surface area contributed by atoms with Crippen LogP contribution in [0.4, 0.5) is 11.4 Å². The summed E-state index contributed by atoms with van der Waals surface area (Å²) >= 11 is 0. The molecule has 0 aliphatic rings. The summed E-state index contributed by atoms with van der Waals surface area (Å²) in [6.45, 7) is 6.26. The molecular formula is C13H23N3O2S. The molecule has 1 aromatic rings. The fourth-order valence-corrected chi connectivity index (χ4v) is 2.44. The Morgan fingerprint density at radius 2 is 1.84 bits per heavy atom. The number of hydrogen-bond donors (Lipinski definition) is 3. The van der Waals surface area contributed by atoms with E-state index in [2.05, 4.69) is 30.8 Å². The predicted octanol–water partition coefficient (Wildman–Crippen LogP) is 2.17. The van der Waals surface area contributed by atoms with Gasteiger partial charge in [-0.2, -0.15) is 0 Å². The van der Waals surface area contributed by atoms with Crippen molar-refractivity contribution in [2.24, 2.45) is 0 Å². The Morgan fingerprint density at radius 3 is 2.32 bits per heavy atom. The Kier molecular flexibility index (Phi) is 4.81. The number of nitrogens with one attached hydrogen (secondary N) is 2. The van der Waals surface area contributed by atoms with Crippen LogP contribution in [0.1, 0.15) is 33.6 Å². The molecule has 0 aliphatic heterocycles. The fraction of sp³-hybridized carbons (Fsp3) is 0.538. The summed E-state index contributed by atoms with van der Waals surface area (Å²) in [5.41, 5.74) is 7.01. The van der Waals surface area contributed by atoms with E-state index >= 15 is 0 Å². The first-order valence-electron chi connectivity index (χ1n) is 6.39. The summed E-state index contributed by atoms with van der Waals surface area (Å²) in [5, 5.41) is 3.34. The second-order valence-electron chi connectivity index (χ2n) is 4.85. The van der Waals surface area contributed by atoms with Gasteiger partial charge in [0.15, 0.2) is 0 Å². The van der Waals surface area contributed by atoms with Crippen LogP contribution in [0.5, 0.6) is 0 Å². The quantitative estimate of drug-likeness (QED) is 0.699. The Bertz CT molecular complexity index is 537. The number of rotatable bonds is 6. The SMILES string of the molecule is CCC(C)(CC)Nc1cc(S(=O)(=O)NC)ccc1N. The molecule has 0 spiro atoms. The minimum Gasteiger partial charge on any atom is -0.397 e. The maximum absolute atomic E-state index is 11.8. The monoisotopic (exact) mass is 285 g/mol. The smallest absolute Gasteiger partial charge is 0.240 e. The summed E-state index contributed by atoms with van der Waals surface area (Å²) in [7, 11) is -2.06. The molecule has 1 rings (SSSR count). The Balaban J connectivity index is 3.19. The molecule has 1 aromatic carbocycles. The van der Waals surface area contributed by atoms with Crippen LogP contribution in [0, 0.1) is 0 Å². The molecule has 4 N–H and O–H groups in total. The molecule has 0 unspecified atom stereocenters. The first-order chi connectivity index (χ1) is 8.78. The Hall–Kier alpha value is -1.27. The van der Waals surface area contributed by atoms with Gasteiger partial charge in [0.25, 0.3) is 0 Å². The van der Waals surface area contributed by atoms with Crippen LogP contribution in [0.15, 0.2) is 23.1 Å². The van der Waals surface area contributed by atoms with Gasteiger partial charge in [-0.1, -0.05) is 13.8 Å². The highest BCUT2D eigenvalue weighted by molar-refractivity contribution is 7.89. The molecule has 0 aliphatic carbocycles. The van der Waals surface area contributed by atoms with Gasteiger partial charge in [0.1, 0.15) is 0 Å². The average molecular weight is 285 g/mol. The van der Waals surface area contributed by atoms with Gasteiger partial charge >= 0.3 is 0 Å². The lowest BCUT2D eigenvalue weighted by atomic mass is 9.95. The van der Waals surface area contributed by atoms with Gasteiger partial charge in [-0.25, -0.2) is 13.1 Å². The average Bonchev–Trinajstić information content (AvgIpc) is 2.41. The molecule has 6 heteroatoms. The minimum absolute atomic E-state index is 0.101. The standard InChI is InChI=1S/C13H23N3O2S/c1-5-13(3,6-2)16-12-9-10(7-8-11(12)14)19(17,18)15-4/h7-9,15-16H,5-6,14H2,1-4H3. The molecule has 19 heavy (non-hydrogen) atoms. The summed E-state index contributed by atoms with van der Waals surface area (Å²) < 4.78 is 25.9. The number of hydrogen-bond acceptors (Lipinski definition) is 4. The van der Waals surface area contributed by atoms with E-state index in [0.29, 0.717) is 11.4 Å². The third-order valence-corrected chi connectivity index (χ3v) is 5.01. The van der Waals surface area contributed by atoms with E-state index in [1.165, 1.54) is 13.1 Å². The summed E-state index contributed by atoms with van der Waals surface area (Å²) in [4.78, 5) is 0.209. The fourth-order valence-electron chi connectivity index (χ4n) is 1.68. The zero-order chi connectivity index (χ0) is 14.7. The van der Waals surface area contributed by atoms with Crippen molar-refractivity contribution in [1.82, 2.24) is 4.72 Å². The molecule has 0 amide bonds. The van der Waals surface area contributed by atoms with E-state index in [-0.39, 0.29) is 10.4 Å². The van der Waals surface area contributed by atoms with Gasteiger partial charge in [-0.05, 0) is 45.0 Å². The number of nitrogen functional groups attached to an aromatic ring is 1. The van der Waals surface area contributed by atoms with Crippen LogP contribution < -0.4 is 15.8 Å². The van der Waals surface area contributed by atoms with E-state index in [0.717, 1.165) is 12.8 Å². The highest BCUT2D eigenvalue weighted by atomic mass is 32.2. The number of anilines is 2.